The van der Waals surface area contributed by atoms with E-state index in [-0.39, 0.29) is 0 Å². The number of H-pyrrole nitrogens is 1. The molecular formula is C19H20BrN3O2. The lowest BCUT2D eigenvalue weighted by Gasteiger charge is -2.13. The summed E-state index contributed by atoms with van der Waals surface area (Å²) in [5.41, 5.74) is 3.12. The number of halogens is 1. The second-order valence-electron chi connectivity index (χ2n) is 5.51. The van der Waals surface area contributed by atoms with Gasteiger partial charge < -0.3 is 19.8 Å². The van der Waals surface area contributed by atoms with Crippen LogP contribution in [0.25, 0.3) is 11.0 Å². The number of fused-ring (bicyclic) bond motifs is 1. The molecule has 0 unspecified atom stereocenters. The molecule has 0 saturated carbocycles. The van der Waals surface area contributed by atoms with Crippen LogP contribution in [0.5, 0.6) is 11.5 Å². The molecule has 0 aliphatic heterocycles. The van der Waals surface area contributed by atoms with E-state index in [1.807, 2.05) is 36.4 Å². The zero-order valence-corrected chi connectivity index (χ0v) is 15.6. The molecule has 6 heteroatoms. The number of rotatable bonds is 8. The standard InChI is InChI=1S/C19H20BrN3O2/c1-3-8-25-19-14(20)9-13(10-17(19)24-2)11-21-12-18-22-15-6-4-5-7-16(15)23-18/h3-7,9-10,21H,1,8,11-12H2,2H3,(H,22,23). The number of hydrogen-bond donors (Lipinski definition) is 2. The minimum atomic E-state index is 0.429. The van der Waals surface area contributed by atoms with Gasteiger partial charge in [-0.2, -0.15) is 0 Å². The maximum absolute atomic E-state index is 5.65. The van der Waals surface area contributed by atoms with Gasteiger partial charge in [-0.1, -0.05) is 24.8 Å². The molecule has 0 saturated heterocycles. The minimum absolute atomic E-state index is 0.429. The summed E-state index contributed by atoms with van der Waals surface area (Å²) in [6.45, 7) is 5.44. The van der Waals surface area contributed by atoms with E-state index in [4.69, 9.17) is 9.47 Å². The highest BCUT2D eigenvalue weighted by Gasteiger charge is 2.11. The lowest BCUT2D eigenvalue weighted by molar-refractivity contribution is 0.324. The number of methoxy groups -OCH3 is 1. The lowest BCUT2D eigenvalue weighted by Crippen LogP contribution is -2.14. The molecule has 0 radical (unpaired) electrons. The molecule has 0 bridgehead atoms. The van der Waals surface area contributed by atoms with Gasteiger partial charge in [0, 0.05) is 6.54 Å². The molecule has 0 amide bonds. The van der Waals surface area contributed by atoms with Crippen LogP contribution in [0.3, 0.4) is 0 Å². The Labute approximate surface area is 155 Å². The van der Waals surface area contributed by atoms with Crippen LogP contribution in [0.15, 0.2) is 53.5 Å². The van der Waals surface area contributed by atoms with Gasteiger partial charge in [0.15, 0.2) is 11.5 Å². The Balaban J connectivity index is 1.66. The maximum atomic E-state index is 5.65. The first kappa shape index (κ1) is 17.5. The van der Waals surface area contributed by atoms with Crippen molar-refractivity contribution in [2.24, 2.45) is 0 Å². The molecule has 3 aromatic rings. The lowest BCUT2D eigenvalue weighted by atomic mass is 10.2. The topological polar surface area (TPSA) is 59.2 Å². The van der Waals surface area contributed by atoms with Crippen molar-refractivity contribution in [1.82, 2.24) is 15.3 Å². The molecule has 1 aromatic heterocycles. The molecule has 1 heterocycles. The summed E-state index contributed by atoms with van der Waals surface area (Å²) in [6, 6.07) is 12.0. The van der Waals surface area contributed by atoms with Gasteiger partial charge in [0.05, 0.1) is 29.2 Å². The van der Waals surface area contributed by atoms with E-state index in [1.54, 1.807) is 13.2 Å². The van der Waals surface area contributed by atoms with Crippen LogP contribution < -0.4 is 14.8 Å². The number of aromatic amines is 1. The van der Waals surface area contributed by atoms with Gasteiger partial charge in [-0.3, -0.25) is 0 Å². The number of hydrogen-bond acceptors (Lipinski definition) is 4. The number of aromatic nitrogens is 2. The Morgan fingerprint density at radius 2 is 2.12 bits per heavy atom. The molecular weight excluding hydrogens is 382 g/mol. The molecule has 25 heavy (non-hydrogen) atoms. The van der Waals surface area contributed by atoms with Gasteiger partial charge in [-0.05, 0) is 45.8 Å². The largest absolute Gasteiger partial charge is 0.493 e. The molecule has 2 aromatic carbocycles. The Morgan fingerprint density at radius 3 is 2.88 bits per heavy atom. The molecule has 0 atom stereocenters. The molecule has 0 aliphatic rings. The van der Waals surface area contributed by atoms with Crippen LogP contribution in [0.2, 0.25) is 0 Å². The second kappa shape index (κ2) is 8.18. The number of benzene rings is 2. The quantitative estimate of drug-likeness (QED) is 0.555. The van der Waals surface area contributed by atoms with Crippen molar-refractivity contribution in [3.05, 3.63) is 64.9 Å². The van der Waals surface area contributed by atoms with Crippen LogP contribution in [0.4, 0.5) is 0 Å². The van der Waals surface area contributed by atoms with Crippen LogP contribution in [-0.4, -0.2) is 23.7 Å². The first-order valence-corrected chi connectivity index (χ1v) is 8.75. The van der Waals surface area contributed by atoms with Crippen molar-refractivity contribution >= 4 is 27.0 Å². The number of para-hydroxylation sites is 2. The van der Waals surface area contributed by atoms with E-state index in [0.717, 1.165) is 26.9 Å². The van der Waals surface area contributed by atoms with Crippen molar-refractivity contribution in [3.8, 4) is 11.5 Å². The molecule has 0 fully saturated rings. The summed E-state index contributed by atoms with van der Waals surface area (Å²) in [5, 5.41) is 3.39. The van der Waals surface area contributed by atoms with Gasteiger partial charge in [0.25, 0.3) is 0 Å². The third-order valence-electron chi connectivity index (χ3n) is 3.69. The van der Waals surface area contributed by atoms with Gasteiger partial charge in [0.2, 0.25) is 0 Å². The SMILES string of the molecule is C=CCOc1c(Br)cc(CNCc2nc3ccccc3[nH]2)cc1OC. The molecule has 5 nitrogen and oxygen atoms in total. The summed E-state index contributed by atoms with van der Waals surface area (Å²) >= 11 is 3.54. The van der Waals surface area contributed by atoms with Crippen LogP contribution in [0.1, 0.15) is 11.4 Å². The van der Waals surface area contributed by atoms with Crippen LogP contribution in [-0.2, 0) is 13.1 Å². The first-order chi connectivity index (χ1) is 12.2. The molecule has 2 N–H and O–H groups in total. The average Bonchev–Trinajstić information content (AvgIpc) is 3.03. The fraction of sp³-hybridized carbons (Fsp3) is 0.211. The van der Waals surface area contributed by atoms with Gasteiger partial charge in [0.1, 0.15) is 12.4 Å². The Kier molecular flexibility index (Phi) is 5.73. The number of imidazole rings is 1. The maximum Gasteiger partial charge on any atom is 0.175 e. The van der Waals surface area contributed by atoms with E-state index < -0.39 is 0 Å². The van der Waals surface area contributed by atoms with Crippen LogP contribution in [0, 0.1) is 0 Å². The van der Waals surface area contributed by atoms with Crippen molar-refractivity contribution in [2.75, 3.05) is 13.7 Å². The highest BCUT2D eigenvalue weighted by atomic mass is 79.9. The fourth-order valence-electron chi connectivity index (χ4n) is 2.57. The second-order valence-corrected chi connectivity index (χ2v) is 6.37. The van der Waals surface area contributed by atoms with Crippen molar-refractivity contribution in [2.45, 2.75) is 13.1 Å². The molecule has 0 spiro atoms. The number of nitrogens with one attached hydrogen (secondary N) is 2. The normalized spacial score (nSPS) is 10.8. The number of nitrogens with zero attached hydrogens (tertiary/aromatic N) is 1. The van der Waals surface area contributed by atoms with Crippen molar-refractivity contribution in [3.63, 3.8) is 0 Å². The highest BCUT2D eigenvalue weighted by Crippen LogP contribution is 2.36. The van der Waals surface area contributed by atoms with Gasteiger partial charge >= 0.3 is 0 Å². The highest BCUT2D eigenvalue weighted by molar-refractivity contribution is 9.10. The Morgan fingerprint density at radius 1 is 1.28 bits per heavy atom. The third-order valence-corrected chi connectivity index (χ3v) is 4.28. The van der Waals surface area contributed by atoms with Crippen molar-refractivity contribution < 1.29 is 9.47 Å². The van der Waals surface area contributed by atoms with E-state index in [2.05, 4.69) is 37.8 Å². The van der Waals surface area contributed by atoms with Crippen LogP contribution >= 0.6 is 15.9 Å². The Bertz CT molecular complexity index is 843. The van der Waals surface area contributed by atoms with Crippen molar-refractivity contribution in [1.29, 1.82) is 0 Å². The fourth-order valence-corrected chi connectivity index (χ4v) is 3.18. The smallest absolute Gasteiger partial charge is 0.175 e. The summed E-state index contributed by atoms with van der Waals surface area (Å²) in [4.78, 5) is 7.87. The molecule has 130 valence electrons. The molecule has 3 rings (SSSR count). The summed E-state index contributed by atoms with van der Waals surface area (Å²) in [5.74, 6) is 2.29. The van der Waals surface area contributed by atoms with E-state index >= 15 is 0 Å². The zero-order valence-electron chi connectivity index (χ0n) is 14.0. The average molecular weight is 402 g/mol. The minimum Gasteiger partial charge on any atom is -0.493 e. The molecule has 0 aliphatic carbocycles. The first-order valence-electron chi connectivity index (χ1n) is 7.95. The Hall–Kier alpha value is -2.31. The van der Waals surface area contributed by atoms with E-state index in [0.29, 0.717) is 31.2 Å². The van der Waals surface area contributed by atoms with Gasteiger partial charge in [-0.15, -0.1) is 0 Å². The summed E-state index contributed by atoms with van der Waals surface area (Å²) in [7, 11) is 1.63. The van der Waals surface area contributed by atoms with Gasteiger partial charge in [-0.25, -0.2) is 4.98 Å². The third kappa shape index (κ3) is 4.21. The predicted octanol–water partition coefficient (Wildman–Crippen LogP) is 4.19. The van der Waals surface area contributed by atoms with E-state index in [1.165, 1.54) is 0 Å². The number of ether oxygens (including phenoxy) is 2. The zero-order chi connectivity index (χ0) is 17.6. The van der Waals surface area contributed by atoms with E-state index in [9.17, 15) is 0 Å². The predicted molar refractivity (Wildman–Crippen MR) is 103 cm³/mol. The summed E-state index contributed by atoms with van der Waals surface area (Å²) in [6.07, 6.45) is 1.70. The summed E-state index contributed by atoms with van der Waals surface area (Å²) < 4.78 is 11.9. The monoisotopic (exact) mass is 401 g/mol.